The van der Waals surface area contributed by atoms with Gasteiger partial charge in [0, 0.05) is 30.6 Å². The van der Waals surface area contributed by atoms with E-state index in [4.69, 9.17) is 9.47 Å². The van der Waals surface area contributed by atoms with Crippen molar-refractivity contribution in [3.8, 4) is 0 Å². The number of aryl methyl sites for hydroxylation is 1. The number of carbonyl (C=O) groups excluding carboxylic acids is 1. The molecule has 1 aliphatic rings. The average Bonchev–Trinajstić information content (AvgIpc) is 2.94. The van der Waals surface area contributed by atoms with Gasteiger partial charge in [0.05, 0.1) is 12.7 Å². The molecule has 100 valence electrons. The summed E-state index contributed by atoms with van der Waals surface area (Å²) in [6.45, 7) is 5.44. The van der Waals surface area contributed by atoms with Crippen LogP contribution in [-0.2, 0) is 16.5 Å². The predicted octanol–water partition coefficient (Wildman–Crippen LogP) is 2.02. The second-order valence-corrected chi connectivity index (χ2v) is 4.92. The van der Waals surface area contributed by atoms with Crippen molar-refractivity contribution in [3.63, 3.8) is 0 Å². The Balaban J connectivity index is 1.85. The second kappa shape index (κ2) is 5.67. The molecule has 0 bridgehead atoms. The third kappa shape index (κ3) is 2.82. The average molecular weight is 251 g/mol. The van der Waals surface area contributed by atoms with Crippen LogP contribution in [0, 0.1) is 13.8 Å². The maximum absolute atomic E-state index is 12.0. The number of carbonyl (C=O) groups is 1. The minimum atomic E-state index is 0.0502. The van der Waals surface area contributed by atoms with Gasteiger partial charge in [-0.2, -0.15) is 0 Å². The van der Waals surface area contributed by atoms with Gasteiger partial charge < -0.3 is 14.0 Å². The number of hydrogen-bond acceptors (Lipinski definition) is 3. The van der Waals surface area contributed by atoms with Crippen LogP contribution in [0.4, 0.5) is 0 Å². The third-order valence-electron chi connectivity index (χ3n) is 3.64. The summed E-state index contributed by atoms with van der Waals surface area (Å²) >= 11 is 0. The molecule has 0 saturated carbocycles. The van der Waals surface area contributed by atoms with E-state index in [1.54, 1.807) is 0 Å². The minimum absolute atomic E-state index is 0.0502. The smallest absolute Gasteiger partial charge is 0.190 e. The van der Waals surface area contributed by atoms with E-state index in [1.807, 2.05) is 31.5 Å². The summed E-state index contributed by atoms with van der Waals surface area (Å²) in [6, 6.07) is 1.92. The highest BCUT2D eigenvalue weighted by molar-refractivity contribution is 5.98. The topological polar surface area (TPSA) is 40.5 Å². The first-order valence-electron chi connectivity index (χ1n) is 6.45. The lowest BCUT2D eigenvalue weighted by molar-refractivity contribution is 0.0190. The van der Waals surface area contributed by atoms with Crippen molar-refractivity contribution in [1.29, 1.82) is 0 Å². The largest absolute Gasteiger partial charge is 0.376 e. The molecule has 0 aromatic carbocycles. The van der Waals surface area contributed by atoms with E-state index in [2.05, 4.69) is 0 Å². The van der Waals surface area contributed by atoms with Crippen LogP contribution >= 0.6 is 0 Å². The zero-order valence-electron chi connectivity index (χ0n) is 11.4. The molecule has 1 aromatic heterocycles. The molecule has 0 radical (unpaired) electrons. The SMILES string of the molecule is Cc1cc(C(=O)COCC2CCCO2)c(C)n1C. The Morgan fingerprint density at radius 2 is 2.33 bits per heavy atom. The van der Waals surface area contributed by atoms with E-state index < -0.39 is 0 Å². The third-order valence-corrected chi connectivity index (χ3v) is 3.64. The van der Waals surface area contributed by atoms with Gasteiger partial charge in [0.1, 0.15) is 6.61 Å². The summed E-state index contributed by atoms with van der Waals surface area (Å²) in [5.41, 5.74) is 2.86. The summed E-state index contributed by atoms with van der Waals surface area (Å²) in [5, 5.41) is 0. The van der Waals surface area contributed by atoms with Gasteiger partial charge in [0.25, 0.3) is 0 Å². The Labute approximate surface area is 108 Å². The van der Waals surface area contributed by atoms with E-state index in [-0.39, 0.29) is 18.5 Å². The molecule has 0 spiro atoms. The van der Waals surface area contributed by atoms with Gasteiger partial charge in [0.15, 0.2) is 5.78 Å². The van der Waals surface area contributed by atoms with Crippen molar-refractivity contribution in [3.05, 3.63) is 23.0 Å². The fourth-order valence-corrected chi connectivity index (χ4v) is 2.27. The normalized spacial score (nSPS) is 19.4. The number of hydrogen-bond donors (Lipinski definition) is 0. The predicted molar refractivity (Wildman–Crippen MR) is 69.0 cm³/mol. The van der Waals surface area contributed by atoms with Crippen molar-refractivity contribution in [2.75, 3.05) is 19.8 Å². The highest BCUT2D eigenvalue weighted by atomic mass is 16.5. The summed E-state index contributed by atoms with van der Waals surface area (Å²) in [7, 11) is 1.97. The molecule has 1 aromatic rings. The fourth-order valence-electron chi connectivity index (χ4n) is 2.27. The molecule has 1 atom stereocenters. The van der Waals surface area contributed by atoms with Gasteiger partial charge in [0.2, 0.25) is 0 Å². The van der Waals surface area contributed by atoms with Crippen LogP contribution < -0.4 is 0 Å². The molecule has 1 unspecified atom stereocenters. The number of Topliss-reactive ketones (excluding diaryl/α,β-unsaturated/α-hetero) is 1. The first-order chi connectivity index (χ1) is 8.59. The van der Waals surface area contributed by atoms with Crippen molar-refractivity contribution in [2.24, 2.45) is 7.05 Å². The van der Waals surface area contributed by atoms with Crippen LogP contribution in [0.5, 0.6) is 0 Å². The molecule has 1 saturated heterocycles. The second-order valence-electron chi connectivity index (χ2n) is 4.92. The van der Waals surface area contributed by atoms with E-state index >= 15 is 0 Å². The van der Waals surface area contributed by atoms with Gasteiger partial charge >= 0.3 is 0 Å². The molecule has 0 amide bonds. The Kier molecular flexibility index (Phi) is 4.19. The first-order valence-corrected chi connectivity index (χ1v) is 6.45. The molecular formula is C14H21NO3. The summed E-state index contributed by atoms with van der Waals surface area (Å²) in [5.74, 6) is 0.0502. The Hall–Kier alpha value is -1.13. The maximum atomic E-state index is 12.0. The van der Waals surface area contributed by atoms with Crippen LogP contribution in [0.25, 0.3) is 0 Å². The van der Waals surface area contributed by atoms with E-state index in [0.717, 1.165) is 36.4 Å². The monoisotopic (exact) mass is 251 g/mol. The number of aromatic nitrogens is 1. The van der Waals surface area contributed by atoms with Crippen LogP contribution in [0.2, 0.25) is 0 Å². The number of ether oxygens (including phenoxy) is 2. The van der Waals surface area contributed by atoms with Gasteiger partial charge in [-0.3, -0.25) is 4.79 Å². The van der Waals surface area contributed by atoms with E-state index in [0.29, 0.717) is 6.61 Å². The van der Waals surface area contributed by atoms with Gasteiger partial charge in [-0.25, -0.2) is 0 Å². The lowest BCUT2D eigenvalue weighted by atomic mass is 10.1. The van der Waals surface area contributed by atoms with Crippen LogP contribution in [-0.4, -0.2) is 36.3 Å². The molecule has 1 aliphatic heterocycles. The first kappa shape index (κ1) is 13.3. The molecule has 18 heavy (non-hydrogen) atoms. The molecule has 0 aliphatic carbocycles. The van der Waals surface area contributed by atoms with Crippen LogP contribution in [0.3, 0.4) is 0 Å². The Bertz CT molecular complexity index is 430. The molecule has 4 heteroatoms. The molecule has 2 heterocycles. The maximum Gasteiger partial charge on any atom is 0.190 e. The van der Waals surface area contributed by atoms with Crippen LogP contribution in [0.1, 0.15) is 34.6 Å². The molecule has 4 nitrogen and oxygen atoms in total. The zero-order chi connectivity index (χ0) is 13.1. The lowest BCUT2D eigenvalue weighted by Crippen LogP contribution is -2.18. The summed E-state index contributed by atoms with van der Waals surface area (Å²) in [6.07, 6.45) is 2.31. The Morgan fingerprint density at radius 3 is 2.89 bits per heavy atom. The molecule has 1 fully saturated rings. The van der Waals surface area contributed by atoms with Gasteiger partial charge in [-0.1, -0.05) is 0 Å². The molecular weight excluding hydrogens is 230 g/mol. The number of rotatable bonds is 5. The number of ketones is 1. The van der Waals surface area contributed by atoms with Gasteiger partial charge in [-0.05, 0) is 32.8 Å². The van der Waals surface area contributed by atoms with E-state index in [1.165, 1.54) is 0 Å². The van der Waals surface area contributed by atoms with Crippen molar-refractivity contribution >= 4 is 5.78 Å². The van der Waals surface area contributed by atoms with Crippen molar-refractivity contribution < 1.29 is 14.3 Å². The van der Waals surface area contributed by atoms with E-state index in [9.17, 15) is 4.79 Å². The Morgan fingerprint density at radius 1 is 1.56 bits per heavy atom. The van der Waals surface area contributed by atoms with Crippen molar-refractivity contribution in [1.82, 2.24) is 4.57 Å². The highest BCUT2D eigenvalue weighted by Crippen LogP contribution is 2.15. The summed E-state index contributed by atoms with van der Waals surface area (Å²) < 4.78 is 12.9. The fraction of sp³-hybridized carbons (Fsp3) is 0.643. The molecule has 2 rings (SSSR count). The highest BCUT2D eigenvalue weighted by Gasteiger charge is 2.18. The quantitative estimate of drug-likeness (QED) is 0.752. The summed E-state index contributed by atoms with van der Waals surface area (Å²) in [4.78, 5) is 12.0. The number of nitrogens with zero attached hydrogens (tertiary/aromatic N) is 1. The van der Waals surface area contributed by atoms with Gasteiger partial charge in [-0.15, -0.1) is 0 Å². The molecule has 0 N–H and O–H groups in total. The van der Waals surface area contributed by atoms with Crippen LogP contribution in [0.15, 0.2) is 6.07 Å². The standard InChI is InChI=1S/C14H21NO3/c1-10-7-13(11(2)15(10)3)14(16)9-17-8-12-5-4-6-18-12/h7,12H,4-6,8-9H2,1-3H3. The minimum Gasteiger partial charge on any atom is -0.376 e. The zero-order valence-corrected chi connectivity index (χ0v) is 11.4. The van der Waals surface area contributed by atoms with Crippen molar-refractivity contribution in [2.45, 2.75) is 32.8 Å². The lowest BCUT2D eigenvalue weighted by Gasteiger charge is -2.09.